The van der Waals surface area contributed by atoms with Gasteiger partial charge in [0, 0.05) is 44.3 Å². The van der Waals surface area contributed by atoms with Crippen molar-refractivity contribution in [2.24, 2.45) is 0 Å². The molecule has 3 aromatic rings. The van der Waals surface area contributed by atoms with E-state index in [2.05, 4.69) is 54.6 Å². The molecule has 3 aromatic carbocycles. The SMILES string of the molecule is CCO[Si](CC[Si](OCC)(OCC)c1cc2ccccc2c2ccccc12)(OCC)OCC. The highest BCUT2D eigenvalue weighted by Crippen LogP contribution is 2.31. The lowest BCUT2D eigenvalue weighted by Gasteiger charge is -2.35. The van der Waals surface area contributed by atoms with Crippen molar-refractivity contribution in [3.8, 4) is 0 Å². The Balaban J connectivity index is 2.16. The number of fused-ring (bicyclic) bond motifs is 3. The first-order valence-corrected chi connectivity index (χ1v) is 16.1. The third-order valence-corrected chi connectivity index (χ3v) is 13.0. The molecule has 0 aliphatic carbocycles. The first-order valence-electron chi connectivity index (χ1n) is 12.2. The average Bonchev–Trinajstić information content (AvgIpc) is 2.83. The van der Waals surface area contributed by atoms with Gasteiger partial charge in [-0.05, 0) is 68.3 Å². The van der Waals surface area contributed by atoms with Crippen LogP contribution >= 0.6 is 0 Å². The molecule has 7 heteroatoms. The van der Waals surface area contributed by atoms with Crippen LogP contribution in [0.5, 0.6) is 0 Å². The Morgan fingerprint density at radius 1 is 0.545 bits per heavy atom. The molecule has 0 saturated carbocycles. The van der Waals surface area contributed by atoms with Crippen LogP contribution in [-0.2, 0) is 22.1 Å². The van der Waals surface area contributed by atoms with E-state index in [1.807, 2.05) is 34.6 Å². The monoisotopic (exact) mass is 486 g/mol. The van der Waals surface area contributed by atoms with Crippen LogP contribution in [0.1, 0.15) is 34.6 Å². The van der Waals surface area contributed by atoms with Crippen LogP contribution in [0.25, 0.3) is 21.5 Å². The van der Waals surface area contributed by atoms with E-state index >= 15 is 0 Å². The smallest absolute Gasteiger partial charge is 0.391 e. The second-order valence-corrected chi connectivity index (χ2v) is 13.6. The Kier molecular flexibility index (Phi) is 9.63. The fraction of sp³-hybridized carbons (Fsp3) is 0.462. The predicted octanol–water partition coefficient (Wildman–Crippen LogP) is 5.76. The third-order valence-electron chi connectivity index (χ3n) is 5.79. The Morgan fingerprint density at radius 2 is 1.03 bits per heavy atom. The lowest BCUT2D eigenvalue weighted by molar-refractivity contribution is 0.0713. The van der Waals surface area contributed by atoms with E-state index in [0.717, 1.165) is 0 Å². The minimum absolute atomic E-state index is 0.558. The van der Waals surface area contributed by atoms with Gasteiger partial charge in [0.25, 0.3) is 0 Å². The standard InChI is InChI=1S/C26H38O5Si2/c1-6-27-32(28-7-2,19-20-33(29-8-3,30-9-4)31-10-5)26-21-22-15-11-12-16-23(22)24-17-13-14-18-25(24)26/h11-18,21H,6-10,19-20H2,1-5H3. The number of hydrogen-bond acceptors (Lipinski definition) is 5. The molecule has 3 rings (SSSR count). The van der Waals surface area contributed by atoms with Gasteiger partial charge in [0.1, 0.15) is 0 Å². The fourth-order valence-corrected chi connectivity index (χ4v) is 12.1. The highest BCUT2D eigenvalue weighted by molar-refractivity contribution is 6.84. The fourth-order valence-electron chi connectivity index (χ4n) is 4.63. The summed E-state index contributed by atoms with van der Waals surface area (Å²) in [6.45, 7) is 12.9. The van der Waals surface area contributed by atoms with Gasteiger partial charge in [-0.15, -0.1) is 0 Å². The quantitative estimate of drug-likeness (QED) is 0.214. The van der Waals surface area contributed by atoms with E-state index in [1.54, 1.807) is 0 Å². The lowest BCUT2D eigenvalue weighted by atomic mass is 10.0. The summed E-state index contributed by atoms with van der Waals surface area (Å²) in [5.74, 6) is 0. The maximum atomic E-state index is 6.62. The van der Waals surface area contributed by atoms with Crippen LogP contribution in [0.15, 0.2) is 54.6 Å². The first-order chi connectivity index (χ1) is 16.1. The summed E-state index contributed by atoms with van der Waals surface area (Å²) in [6, 6.07) is 20.8. The topological polar surface area (TPSA) is 46.2 Å². The molecule has 180 valence electrons. The van der Waals surface area contributed by atoms with Crippen molar-refractivity contribution in [2.75, 3.05) is 33.0 Å². The molecule has 0 aliphatic rings. The number of benzene rings is 3. The zero-order valence-electron chi connectivity index (χ0n) is 20.7. The minimum Gasteiger partial charge on any atom is -0.391 e. The van der Waals surface area contributed by atoms with Crippen LogP contribution in [0, 0.1) is 0 Å². The van der Waals surface area contributed by atoms with Gasteiger partial charge in [0.15, 0.2) is 0 Å². The second kappa shape index (κ2) is 12.2. The van der Waals surface area contributed by atoms with Crippen LogP contribution < -0.4 is 5.19 Å². The summed E-state index contributed by atoms with van der Waals surface area (Å²) in [4.78, 5) is 0. The summed E-state index contributed by atoms with van der Waals surface area (Å²) in [6.07, 6.45) is 0. The molecule has 0 bridgehead atoms. The minimum atomic E-state index is -2.86. The van der Waals surface area contributed by atoms with E-state index < -0.39 is 17.4 Å². The van der Waals surface area contributed by atoms with E-state index in [1.165, 1.54) is 26.7 Å². The van der Waals surface area contributed by atoms with Crippen molar-refractivity contribution in [3.63, 3.8) is 0 Å². The van der Waals surface area contributed by atoms with Crippen molar-refractivity contribution in [3.05, 3.63) is 54.6 Å². The molecule has 0 aliphatic heterocycles. The largest absolute Gasteiger partial charge is 0.500 e. The Labute approximate surface area is 200 Å². The van der Waals surface area contributed by atoms with Crippen LogP contribution in [0.3, 0.4) is 0 Å². The molecule has 0 saturated heterocycles. The first kappa shape index (κ1) is 26.0. The van der Waals surface area contributed by atoms with Gasteiger partial charge in [0.2, 0.25) is 0 Å². The molecule has 0 aromatic heterocycles. The number of rotatable bonds is 14. The molecule has 0 fully saturated rings. The summed E-state index contributed by atoms with van der Waals surface area (Å²) < 4.78 is 31.7. The lowest BCUT2D eigenvalue weighted by Crippen LogP contribution is -2.57. The summed E-state index contributed by atoms with van der Waals surface area (Å²) in [5.41, 5.74) is 0. The zero-order chi connectivity index (χ0) is 23.7. The van der Waals surface area contributed by atoms with Crippen LogP contribution in [0.2, 0.25) is 12.1 Å². The normalized spacial score (nSPS) is 12.6. The molecule has 0 radical (unpaired) electrons. The van der Waals surface area contributed by atoms with Crippen LogP contribution in [0.4, 0.5) is 0 Å². The van der Waals surface area contributed by atoms with Crippen molar-refractivity contribution in [1.82, 2.24) is 0 Å². The maximum absolute atomic E-state index is 6.62. The molecule has 0 spiro atoms. The molecule has 0 heterocycles. The highest BCUT2D eigenvalue weighted by atomic mass is 28.4. The zero-order valence-corrected chi connectivity index (χ0v) is 22.7. The van der Waals surface area contributed by atoms with Gasteiger partial charge >= 0.3 is 17.4 Å². The van der Waals surface area contributed by atoms with E-state index in [0.29, 0.717) is 45.1 Å². The highest BCUT2D eigenvalue weighted by Gasteiger charge is 2.48. The molecular formula is C26H38O5Si2. The summed E-state index contributed by atoms with van der Waals surface area (Å²) in [5, 5.41) is 6.04. The summed E-state index contributed by atoms with van der Waals surface area (Å²) in [7, 11) is -5.70. The second-order valence-electron chi connectivity index (χ2n) is 7.79. The molecule has 5 nitrogen and oxygen atoms in total. The Hall–Kier alpha value is -1.59. The van der Waals surface area contributed by atoms with Gasteiger partial charge in [-0.1, -0.05) is 48.5 Å². The van der Waals surface area contributed by atoms with Gasteiger partial charge in [-0.2, -0.15) is 0 Å². The Morgan fingerprint density at radius 3 is 1.58 bits per heavy atom. The molecular weight excluding hydrogens is 448 g/mol. The number of hydrogen-bond donors (Lipinski definition) is 0. The van der Waals surface area contributed by atoms with Crippen molar-refractivity contribution >= 4 is 44.1 Å². The molecule has 0 atom stereocenters. The van der Waals surface area contributed by atoms with Crippen molar-refractivity contribution < 1.29 is 22.1 Å². The molecule has 0 amide bonds. The Bertz CT molecular complexity index is 1000. The third kappa shape index (κ3) is 5.74. The van der Waals surface area contributed by atoms with E-state index in [4.69, 9.17) is 22.1 Å². The summed E-state index contributed by atoms with van der Waals surface area (Å²) >= 11 is 0. The maximum Gasteiger partial charge on any atom is 0.500 e. The predicted molar refractivity (Wildman–Crippen MR) is 140 cm³/mol. The van der Waals surface area contributed by atoms with Gasteiger partial charge in [-0.25, -0.2) is 0 Å². The van der Waals surface area contributed by atoms with Gasteiger partial charge in [0.05, 0.1) is 0 Å². The average molecular weight is 487 g/mol. The molecule has 33 heavy (non-hydrogen) atoms. The molecule has 0 unspecified atom stereocenters. The van der Waals surface area contributed by atoms with Crippen LogP contribution in [-0.4, -0.2) is 50.4 Å². The molecule has 0 N–H and O–H groups in total. The van der Waals surface area contributed by atoms with Gasteiger partial charge < -0.3 is 22.1 Å². The van der Waals surface area contributed by atoms with E-state index in [-0.39, 0.29) is 0 Å². The van der Waals surface area contributed by atoms with Crippen molar-refractivity contribution in [1.29, 1.82) is 0 Å². The van der Waals surface area contributed by atoms with Crippen molar-refractivity contribution in [2.45, 2.75) is 46.7 Å². The van der Waals surface area contributed by atoms with Gasteiger partial charge in [-0.3, -0.25) is 0 Å². The van der Waals surface area contributed by atoms with E-state index in [9.17, 15) is 0 Å².